The summed E-state index contributed by atoms with van der Waals surface area (Å²) >= 11 is 0. The van der Waals surface area contributed by atoms with E-state index in [9.17, 15) is 0 Å². The third-order valence-corrected chi connectivity index (χ3v) is 5.93. The van der Waals surface area contributed by atoms with E-state index in [2.05, 4.69) is 74.2 Å². The molecule has 2 atom stereocenters. The van der Waals surface area contributed by atoms with Crippen LogP contribution in [-0.4, -0.2) is 31.1 Å². The summed E-state index contributed by atoms with van der Waals surface area (Å²) < 4.78 is 6.02. The number of hydrogen-bond acceptors (Lipinski definition) is 2. The van der Waals surface area contributed by atoms with Crippen molar-refractivity contribution in [1.29, 1.82) is 0 Å². The molecular formula is C23H33NO. The molecular weight excluding hydrogens is 306 g/mol. The van der Waals surface area contributed by atoms with Crippen LogP contribution in [0.15, 0.2) is 54.3 Å². The Morgan fingerprint density at radius 1 is 1.20 bits per heavy atom. The first-order valence-corrected chi connectivity index (χ1v) is 9.85. The minimum Gasteiger partial charge on any atom is -0.493 e. The van der Waals surface area contributed by atoms with Gasteiger partial charge in [-0.1, -0.05) is 57.2 Å². The van der Waals surface area contributed by atoms with Crippen LogP contribution in [0.25, 0.3) is 0 Å². The summed E-state index contributed by atoms with van der Waals surface area (Å²) in [6.45, 7) is 11.3. The molecule has 1 aliphatic carbocycles. The maximum absolute atomic E-state index is 6.02. The van der Waals surface area contributed by atoms with Gasteiger partial charge in [0.1, 0.15) is 12.4 Å². The van der Waals surface area contributed by atoms with Gasteiger partial charge < -0.3 is 4.74 Å². The van der Waals surface area contributed by atoms with E-state index in [4.69, 9.17) is 4.74 Å². The molecule has 2 unspecified atom stereocenters. The molecule has 2 heteroatoms. The first-order valence-electron chi connectivity index (χ1n) is 9.85. The highest BCUT2D eigenvalue weighted by Gasteiger charge is 2.30. The Morgan fingerprint density at radius 2 is 2.00 bits per heavy atom. The van der Waals surface area contributed by atoms with Crippen molar-refractivity contribution in [1.82, 2.24) is 4.90 Å². The van der Waals surface area contributed by atoms with Crippen LogP contribution in [0.1, 0.15) is 45.6 Å². The molecule has 0 saturated carbocycles. The molecule has 0 N–H and O–H groups in total. The second-order valence-electron chi connectivity index (χ2n) is 8.29. The van der Waals surface area contributed by atoms with Crippen molar-refractivity contribution in [2.45, 2.75) is 45.4 Å². The molecule has 2 nitrogen and oxygen atoms in total. The van der Waals surface area contributed by atoms with Crippen molar-refractivity contribution < 1.29 is 4.74 Å². The third kappa shape index (κ3) is 4.76. The topological polar surface area (TPSA) is 12.5 Å². The predicted octanol–water partition coefficient (Wildman–Crippen LogP) is 5.17. The van der Waals surface area contributed by atoms with Gasteiger partial charge >= 0.3 is 0 Å². The summed E-state index contributed by atoms with van der Waals surface area (Å²) in [7, 11) is 0. The Bertz CT molecular complexity index is 602. The number of ether oxygens (including phenoxy) is 1. The van der Waals surface area contributed by atoms with Crippen molar-refractivity contribution in [2.75, 3.05) is 26.2 Å². The molecule has 0 aromatic heterocycles. The van der Waals surface area contributed by atoms with Crippen molar-refractivity contribution in [3.05, 3.63) is 59.9 Å². The highest BCUT2D eigenvalue weighted by Crippen LogP contribution is 2.37. The third-order valence-electron chi connectivity index (χ3n) is 5.93. The fourth-order valence-corrected chi connectivity index (χ4v) is 4.11. The molecule has 1 aliphatic heterocycles. The van der Waals surface area contributed by atoms with Gasteiger partial charge in [0.05, 0.1) is 0 Å². The van der Waals surface area contributed by atoms with E-state index in [1.165, 1.54) is 31.5 Å². The van der Waals surface area contributed by atoms with Gasteiger partial charge in [0, 0.05) is 13.1 Å². The standard InChI is InChI=1S/C23H33NO/c1-19-8-7-15-24(18-19)16-17-25-22-13-11-21(12-14-22)23(2,3)20-9-5-4-6-10-20/h4-6,9-11,13-14,19,21H,7-8,12,15-18H2,1-3H3. The van der Waals surface area contributed by atoms with Crippen molar-refractivity contribution in [3.63, 3.8) is 0 Å². The molecule has 136 valence electrons. The highest BCUT2D eigenvalue weighted by atomic mass is 16.5. The van der Waals surface area contributed by atoms with Crippen LogP contribution in [0.5, 0.6) is 0 Å². The molecule has 0 spiro atoms. The second-order valence-corrected chi connectivity index (χ2v) is 8.29. The molecule has 0 radical (unpaired) electrons. The van der Waals surface area contributed by atoms with Gasteiger partial charge in [0.15, 0.2) is 0 Å². The van der Waals surface area contributed by atoms with Crippen LogP contribution in [0, 0.1) is 11.8 Å². The number of likely N-dealkylation sites (tertiary alicyclic amines) is 1. The molecule has 0 bridgehead atoms. The minimum absolute atomic E-state index is 0.143. The van der Waals surface area contributed by atoms with Crippen molar-refractivity contribution in [3.8, 4) is 0 Å². The average molecular weight is 340 g/mol. The number of allylic oxidation sites excluding steroid dienone is 3. The monoisotopic (exact) mass is 339 g/mol. The van der Waals surface area contributed by atoms with Crippen LogP contribution >= 0.6 is 0 Å². The normalized spacial score (nSPS) is 24.8. The van der Waals surface area contributed by atoms with E-state index in [1.54, 1.807) is 0 Å². The summed E-state index contributed by atoms with van der Waals surface area (Å²) in [5.41, 5.74) is 1.55. The van der Waals surface area contributed by atoms with E-state index in [0.29, 0.717) is 5.92 Å². The zero-order chi connectivity index (χ0) is 17.7. The van der Waals surface area contributed by atoms with Gasteiger partial charge in [0.2, 0.25) is 0 Å². The van der Waals surface area contributed by atoms with Gasteiger partial charge in [0.25, 0.3) is 0 Å². The summed E-state index contributed by atoms with van der Waals surface area (Å²) in [6.07, 6.45) is 10.6. The van der Waals surface area contributed by atoms with E-state index in [1.807, 2.05) is 0 Å². The molecule has 25 heavy (non-hydrogen) atoms. The predicted molar refractivity (Wildman–Crippen MR) is 106 cm³/mol. The van der Waals surface area contributed by atoms with Gasteiger partial charge in [-0.3, -0.25) is 4.90 Å². The molecule has 0 amide bonds. The molecule has 1 aromatic rings. The van der Waals surface area contributed by atoms with Crippen LogP contribution in [0.3, 0.4) is 0 Å². The van der Waals surface area contributed by atoms with Gasteiger partial charge in [-0.2, -0.15) is 0 Å². The lowest BCUT2D eigenvalue weighted by Crippen LogP contribution is -2.36. The number of rotatable bonds is 6. The fraction of sp³-hybridized carbons (Fsp3) is 0.565. The van der Waals surface area contributed by atoms with E-state index < -0.39 is 0 Å². The molecule has 1 heterocycles. The van der Waals surface area contributed by atoms with Crippen LogP contribution < -0.4 is 0 Å². The van der Waals surface area contributed by atoms with Gasteiger partial charge in [-0.25, -0.2) is 0 Å². The van der Waals surface area contributed by atoms with Gasteiger partial charge in [-0.05, 0) is 60.8 Å². The lowest BCUT2D eigenvalue weighted by Gasteiger charge is -2.34. The first-order chi connectivity index (χ1) is 12.1. The van der Waals surface area contributed by atoms with Crippen LogP contribution in [0.4, 0.5) is 0 Å². The number of hydrogen-bond donors (Lipinski definition) is 0. The summed E-state index contributed by atoms with van der Waals surface area (Å²) in [6, 6.07) is 10.8. The number of nitrogens with zero attached hydrogens (tertiary/aromatic N) is 1. The highest BCUT2D eigenvalue weighted by molar-refractivity contribution is 5.29. The van der Waals surface area contributed by atoms with Gasteiger partial charge in [-0.15, -0.1) is 0 Å². The Balaban J connectivity index is 1.47. The minimum atomic E-state index is 0.143. The molecule has 2 aliphatic rings. The van der Waals surface area contributed by atoms with Crippen LogP contribution in [0.2, 0.25) is 0 Å². The Kier molecular flexibility index (Phi) is 6.01. The average Bonchev–Trinajstić information content (AvgIpc) is 2.63. The van der Waals surface area contributed by atoms with Crippen molar-refractivity contribution in [2.24, 2.45) is 11.8 Å². The first kappa shape index (κ1) is 18.3. The second kappa shape index (κ2) is 8.23. The lowest BCUT2D eigenvalue weighted by molar-refractivity contribution is 0.128. The zero-order valence-electron chi connectivity index (χ0n) is 16.1. The molecule has 1 fully saturated rings. The maximum Gasteiger partial charge on any atom is 0.115 e. The SMILES string of the molecule is CC1CCCN(CCOC2=CCC(C(C)(C)c3ccccc3)C=C2)C1. The zero-order valence-corrected chi connectivity index (χ0v) is 16.1. The van der Waals surface area contributed by atoms with Crippen LogP contribution in [-0.2, 0) is 10.2 Å². The molecule has 1 aromatic carbocycles. The van der Waals surface area contributed by atoms with E-state index >= 15 is 0 Å². The largest absolute Gasteiger partial charge is 0.493 e. The van der Waals surface area contributed by atoms with E-state index in [-0.39, 0.29) is 5.41 Å². The molecule has 1 saturated heterocycles. The lowest BCUT2D eigenvalue weighted by atomic mass is 9.71. The Hall–Kier alpha value is -1.54. The summed E-state index contributed by atoms with van der Waals surface area (Å²) in [4.78, 5) is 2.54. The number of benzene rings is 1. The Morgan fingerprint density at radius 3 is 2.68 bits per heavy atom. The smallest absolute Gasteiger partial charge is 0.115 e. The Labute approximate surface area is 153 Å². The van der Waals surface area contributed by atoms with Crippen molar-refractivity contribution >= 4 is 0 Å². The molecule has 3 rings (SSSR count). The summed E-state index contributed by atoms with van der Waals surface area (Å²) in [5, 5.41) is 0. The maximum atomic E-state index is 6.02. The summed E-state index contributed by atoms with van der Waals surface area (Å²) in [5.74, 6) is 2.40. The van der Waals surface area contributed by atoms with E-state index in [0.717, 1.165) is 31.2 Å². The quantitative estimate of drug-likeness (QED) is 0.708. The fourth-order valence-electron chi connectivity index (χ4n) is 4.11. The number of piperidine rings is 1.